The number of benzene rings is 2. The first-order chi connectivity index (χ1) is 10.7. The molecule has 0 saturated carbocycles. The molecule has 0 spiro atoms. The standard InChI is InChI=1S/C19H16N2O/c1-14(22)17-7-4-5-15(13-17)11-12-20-19-10-9-16-6-2-3-8-18(16)21-19/h2-10,12-13H,11H2,1H3. The number of pyridine rings is 1. The van der Waals surface area contributed by atoms with Crippen molar-refractivity contribution in [3.05, 3.63) is 71.8 Å². The summed E-state index contributed by atoms with van der Waals surface area (Å²) in [5.74, 6) is 0.774. The van der Waals surface area contributed by atoms with Crippen molar-refractivity contribution in [3.63, 3.8) is 0 Å². The number of carbonyl (C=O) groups is 1. The minimum Gasteiger partial charge on any atom is -0.295 e. The number of hydrogen-bond acceptors (Lipinski definition) is 3. The molecule has 0 unspecified atom stereocenters. The fraction of sp³-hybridized carbons (Fsp3) is 0.105. The lowest BCUT2D eigenvalue weighted by atomic mass is 10.1. The van der Waals surface area contributed by atoms with E-state index in [-0.39, 0.29) is 5.78 Å². The zero-order valence-corrected chi connectivity index (χ0v) is 12.4. The van der Waals surface area contributed by atoms with Crippen LogP contribution in [-0.4, -0.2) is 17.0 Å². The number of fused-ring (bicyclic) bond motifs is 1. The van der Waals surface area contributed by atoms with E-state index in [9.17, 15) is 4.79 Å². The van der Waals surface area contributed by atoms with E-state index in [1.807, 2.05) is 66.9 Å². The fourth-order valence-corrected chi connectivity index (χ4v) is 2.29. The number of aromatic nitrogens is 1. The molecule has 3 aromatic rings. The molecule has 22 heavy (non-hydrogen) atoms. The van der Waals surface area contributed by atoms with E-state index in [0.29, 0.717) is 12.2 Å². The number of para-hydroxylation sites is 1. The summed E-state index contributed by atoms with van der Waals surface area (Å²) in [6.07, 6.45) is 2.51. The van der Waals surface area contributed by atoms with Gasteiger partial charge in [-0.1, -0.05) is 36.4 Å². The topological polar surface area (TPSA) is 42.3 Å². The summed E-state index contributed by atoms with van der Waals surface area (Å²) in [7, 11) is 0. The van der Waals surface area contributed by atoms with Crippen LogP contribution in [0.3, 0.4) is 0 Å². The molecule has 3 nitrogen and oxygen atoms in total. The smallest absolute Gasteiger partial charge is 0.159 e. The normalized spacial score (nSPS) is 11.1. The summed E-state index contributed by atoms with van der Waals surface area (Å²) >= 11 is 0. The Morgan fingerprint density at radius 1 is 1.09 bits per heavy atom. The molecule has 0 fully saturated rings. The molecule has 0 atom stereocenters. The number of ketones is 1. The highest BCUT2D eigenvalue weighted by Crippen LogP contribution is 2.16. The zero-order valence-electron chi connectivity index (χ0n) is 12.4. The van der Waals surface area contributed by atoms with Gasteiger partial charge in [-0.3, -0.25) is 4.79 Å². The van der Waals surface area contributed by atoms with Crippen LogP contribution in [0, 0.1) is 0 Å². The quantitative estimate of drug-likeness (QED) is 0.528. The first-order valence-corrected chi connectivity index (χ1v) is 7.20. The summed E-state index contributed by atoms with van der Waals surface area (Å²) in [6, 6.07) is 19.5. The van der Waals surface area contributed by atoms with E-state index < -0.39 is 0 Å². The van der Waals surface area contributed by atoms with Crippen LogP contribution in [0.15, 0.2) is 65.7 Å². The van der Waals surface area contributed by atoms with Gasteiger partial charge in [-0.2, -0.15) is 0 Å². The second-order valence-corrected chi connectivity index (χ2v) is 5.13. The molecule has 3 rings (SSSR count). The lowest BCUT2D eigenvalue weighted by molar-refractivity contribution is 0.101. The van der Waals surface area contributed by atoms with Gasteiger partial charge >= 0.3 is 0 Å². The summed E-state index contributed by atoms with van der Waals surface area (Å²) in [5, 5.41) is 1.11. The number of hydrogen-bond donors (Lipinski definition) is 0. The molecular weight excluding hydrogens is 272 g/mol. The molecule has 0 saturated heterocycles. The highest BCUT2D eigenvalue weighted by atomic mass is 16.1. The van der Waals surface area contributed by atoms with Gasteiger partial charge in [0.15, 0.2) is 11.6 Å². The van der Waals surface area contributed by atoms with E-state index in [2.05, 4.69) is 9.98 Å². The van der Waals surface area contributed by atoms with Crippen molar-refractivity contribution in [3.8, 4) is 0 Å². The number of rotatable bonds is 4. The van der Waals surface area contributed by atoms with Gasteiger partial charge in [0, 0.05) is 23.6 Å². The molecule has 3 heteroatoms. The van der Waals surface area contributed by atoms with Gasteiger partial charge in [-0.15, -0.1) is 0 Å². The third kappa shape index (κ3) is 3.26. The number of carbonyl (C=O) groups excluding carboxylic acids is 1. The van der Waals surface area contributed by atoms with Crippen molar-refractivity contribution >= 4 is 28.7 Å². The molecule has 0 amide bonds. The van der Waals surface area contributed by atoms with Crippen LogP contribution in [0.4, 0.5) is 5.82 Å². The van der Waals surface area contributed by atoms with Crippen molar-refractivity contribution in [1.82, 2.24) is 4.98 Å². The molecule has 1 heterocycles. The maximum absolute atomic E-state index is 11.4. The molecule has 108 valence electrons. The van der Waals surface area contributed by atoms with Crippen LogP contribution in [0.2, 0.25) is 0 Å². The fourth-order valence-electron chi connectivity index (χ4n) is 2.29. The molecule has 0 aliphatic rings. The van der Waals surface area contributed by atoms with Crippen LogP contribution in [-0.2, 0) is 6.42 Å². The van der Waals surface area contributed by atoms with E-state index in [1.54, 1.807) is 6.92 Å². The van der Waals surface area contributed by atoms with Crippen LogP contribution < -0.4 is 0 Å². The molecule has 0 aliphatic carbocycles. The van der Waals surface area contributed by atoms with Gasteiger partial charge in [0.25, 0.3) is 0 Å². The van der Waals surface area contributed by atoms with Gasteiger partial charge in [-0.05, 0) is 36.8 Å². The highest BCUT2D eigenvalue weighted by Gasteiger charge is 2.00. The number of aliphatic imine (C=N–C) groups is 1. The average Bonchev–Trinajstić information content (AvgIpc) is 2.55. The van der Waals surface area contributed by atoms with Crippen LogP contribution >= 0.6 is 0 Å². The summed E-state index contributed by atoms with van der Waals surface area (Å²) in [4.78, 5) is 20.3. The molecule has 0 N–H and O–H groups in total. The van der Waals surface area contributed by atoms with Gasteiger partial charge in [0.1, 0.15) is 0 Å². The van der Waals surface area contributed by atoms with Crippen LogP contribution in [0.1, 0.15) is 22.8 Å². The summed E-state index contributed by atoms with van der Waals surface area (Å²) < 4.78 is 0. The Bertz CT molecular complexity index is 853. The second kappa shape index (κ2) is 6.31. The summed E-state index contributed by atoms with van der Waals surface area (Å²) in [5.41, 5.74) is 2.74. The molecule has 1 aromatic heterocycles. The van der Waals surface area contributed by atoms with E-state index in [0.717, 1.165) is 22.0 Å². The maximum Gasteiger partial charge on any atom is 0.159 e. The third-order valence-electron chi connectivity index (χ3n) is 3.47. The van der Waals surface area contributed by atoms with Crippen LogP contribution in [0.25, 0.3) is 10.9 Å². The lowest BCUT2D eigenvalue weighted by Crippen LogP contribution is -1.94. The Hall–Kier alpha value is -2.81. The van der Waals surface area contributed by atoms with E-state index >= 15 is 0 Å². The Morgan fingerprint density at radius 2 is 1.95 bits per heavy atom. The second-order valence-electron chi connectivity index (χ2n) is 5.13. The third-order valence-corrected chi connectivity index (χ3v) is 3.47. The van der Waals surface area contributed by atoms with Gasteiger partial charge in [0.05, 0.1) is 5.52 Å². The first-order valence-electron chi connectivity index (χ1n) is 7.20. The van der Waals surface area contributed by atoms with Gasteiger partial charge in [0.2, 0.25) is 0 Å². The molecule has 0 bridgehead atoms. The minimum absolute atomic E-state index is 0.0787. The van der Waals surface area contributed by atoms with Crippen molar-refractivity contribution in [1.29, 1.82) is 0 Å². The van der Waals surface area contributed by atoms with Crippen molar-refractivity contribution < 1.29 is 4.79 Å². The number of Topliss-reactive ketones (excluding diaryl/α,β-unsaturated/α-hetero) is 1. The minimum atomic E-state index is 0.0787. The Labute approximate surface area is 129 Å². The Balaban J connectivity index is 1.75. The molecule has 0 radical (unpaired) electrons. The van der Waals surface area contributed by atoms with Crippen molar-refractivity contribution in [2.75, 3.05) is 0 Å². The largest absolute Gasteiger partial charge is 0.295 e. The summed E-state index contributed by atoms with van der Waals surface area (Å²) in [6.45, 7) is 1.58. The average molecular weight is 288 g/mol. The Morgan fingerprint density at radius 3 is 2.82 bits per heavy atom. The monoisotopic (exact) mass is 288 g/mol. The predicted octanol–water partition coefficient (Wildman–Crippen LogP) is 4.38. The SMILES string of the molecule is CC(=O)c1cccc(CC=Nc2ccc3ccccc3n2)c1. The molecule has 2 aromatic carbocycles. The zero-order chi connectivity index (χ0) is 15.4. The molecule has 0 aliphatic heterocycles. The van der Waals surface area contributed by atoms with E-state index in [4.69, 9.17) is 0 Å². The number of nitrogens with zero attached hydrogens (tertiary/aromatic N) is 2. The molecular formula is C19H16N2O. The van der Waals surface area contributed by atoms with Crippen molar-refractivity contribution in [2.45, 2.75) is 13.3 Å². The highest BCUT2D eigenvalue weighted by molar-refractivity contribution is 5.94. The predicted molar refractivity (Wildman–Crippen MR) is 90.0 cm³/mol. The van der Waals surface area contributed by atoms with E-state index in [1.165, 1.54) is 0 Å². The van der Waals surface area contributed by atoms with Crippen molar-refractivity contribution in [2.24, 2.45) is 4.99 Å². The lowest BCUT2D eigenvalue weighted by Gasteiger charge is -2.00. The maximum atomic E-state index is 11.4. The first kappa shape index (κ1) is 14.1. The van der Waals surface area contributed by atoms with Crippen LogP contribution in [0.5, 0.6) is 0 Å². The Kier molecular flexibility index (Phi) is 4.05. The van der Waals surface area contributed by atoms with Gasteiger partial charge < -0.3 is 0 Å². The van der Waals surface area contributed by atoms with Gasteiger partial charge in [-0.25, -0.2) is 9.98 Å².